The average Bonchev–Trinajstić information content (AvgIpc) is 2.50. The Morgan fingerprint density at radius 2 is 1.67 bits per heavy atom. The van der Waals surface area contributed by atoms with Crippen molar-refractivity contribution in [2.24, 2.45) is 7.05 Å². The molecular weight excluding hydrogens is 206 g/mol. The van der Waals surface area contributed by atoms with Gasteiger partial charge in [-0.05, 0) is 33.3 Å². The molecule has 0 aliphatic carbocycles. The largest absolute Gasteiger partial charge is 0.339 e. The third-order valence-corrected chi connectivity index (χ3v) is 4.57. The molecule has 0 fully saturated rings. The van der Waals surface area contributed by atoms with Crippen LogP contribution in [0.3, 0.4) is 0 Å². The van der Waals surface area contributed by atoms with Crippen molar-refractivity contribution in [3.05, 3.63) is 31.9 Å². The predicted octanol–water partition coefficient (Wildman–Crippen LogP) is 2.83. The molecule has 2 aromatic heterocycles. The Morgan fingerprint density at radius 3 is 2.27 bits per heavy atom. The van der Waals surface area contributed by atoms with E-state index in [0.29, 0.717) is 0 Å². The van der Waals surface area contributed by atoms with E-state index in [9.17, 15) is 4.79 Å². The highest BCUT2D eigenvalue weighted by molar-refractivity contribution is 7.18. The quantitative estimate of drug-likeness (QED) is 0.670. The zero-order valence-electron chi connectivity index (χ0n) is 9.76. The lowest BCUT2D eigenvalue weighted by Crippen LogP contribution is -2.13. The van der Waals surface area contributed by atoms with Crippen molar-refractivity contribution in [2.75, 3.05) is 0 Å². The summed E-state index contributed by atoms with van der Waals surface area (Å²) < 4.78 is 2.12. The first kappa shape index (κ1) is 10.4. The van der Waals surface area contributed by atoms with Crippen molar-refractivity contribution in [2.45, 2.75) is 27.7 Å². The molecule has 15 heavy (non-hydrogen) atoms. The minimum absolute atomic E-state index is 0.197. The van der Waals surface area contributed by atoms with E-state index in [4.69, 9.17) is 0 Å². The number of hydrogen-bond acceptors (Lipinski definition) is 2. The molecule has 3 heteroatoms. The lowest BCUT2D eigenvalue weighted by Gasteiger charge is -2.08. The molecule has 0 radical (unpaired) electrons. The van der Waals surface area contributed by atoms with Gasteiger partial charge in [-0.1, -0.05) is 0 Å². The number of thiophene rings is 1. The van der Waals surface area contributed by atoms with Crippen LogP contribution in [0.1, 0.15) is 21.7 Å². The molecule has 2 aromatic rings. The van der Waals surface area contributed by atoms with Gasteiger partial charge in [0, 0.05) is 23.2 Å². The molecule has 0 aromatic carbocycles. The van der Waals surface area contributed by atoms with Crippen LogP contribution < -0.4 is 5.43 Å². The smallest absolute Gasteiger partial charge is 0.193 e. The van der Waals surface area contributed by atoms with E-state index in [1.54, 1.807) is 11.3 Å². The summed E-state index contributed by atoms with van der Waals surface area (Å²) in [7, 11) is 2.03. The van der Waals surface area contributed by atoms with Crippen molar-refractivity contribution in [3.8, 4) is 0 Å². The fourth-order valence-corrected chi connectivity index (χ4v) is 3.04. The first-order valence-electron chi connectivity index (χ1n) is 5.01. The summed E-state index contributed by atoms with van der Waals surface area (Å²) in [6, 6.07) is 0. The zero-order valence-corrected chi connectivity index (χ0v) is 10.6. The van der Waals surface area contributed by atoms with Gasteiger partial charge in [0.2, 0.25) is 0 Å². The van der Waals surface area contributed by atoms with Gasteiger partial charge in [0.25, 0.3) is 0 Å². The van der Waals surface area contributed by atoms with Crippen LogP contribution in [0.15, 0.2) is 4.79 Å². The summed E-state index contributed by atoms with van der Waals surface area (Å²) in [6.07, 6.45) is 0. The normalized spacial score (nSPS) is 11.3. The third-order valence-electron chi connectivity index (χ3n) is 3.28. The van der Waals surface area contributed by atoms with Gasteiger partial charge >= 0.3 is 0 Å². The number of aromatic nitrogens is 1. The Bertz CT molecular complexity index is 604. The number of nitrogens with zero attached hydrogens (tertiary/aromatic N) is 1. The molecule has 0 unspecified atom stereocenters. The minimum Gasteiger partial charge on any atom is -0.339 e. The second-order valence-electron chi connectivity index (χ2n) is 4.06. The standard InChI is InChI=1S/C12H15NOS/c1-6-8(3)13(5)12-10(11(6)14)7(2)9(4)15-12/h1-5H3. The summed E-state index contributed by atoms with van der Waals surface area (Å²) in [6.45, 7) is 8.01. The summed E-state index contributed by atoms with van der Waals surface area (Å²) >= 11 is 1.71. The van der Waals surface area contributed by atoms with Gasteiger partial charge in [-0.25, -0.2) is 0 Å². The predicted molar refractivity (Wildman–Crippen MR) is 66.0 cm³/mol. The molecule has 0 aliphatic heterocycles. The molecular formula is C12H15NOS. The molecule has 0 aliphatic rings. The van der Waals surface area contributed by atoms with Gasteiger partial charge in [-0.3, -0.25) is 4.79 Å². The van der Waals surface area contributed by atoms with Crippen LogP contribution >= 0.6 is 11.3 Å². The third kappa shape index (κ3) is 1.26. The van der Waals surface area contributed by atoms with E-state index in [1.165, 1.54) is 4.88 Å². The van der Waals surface area contributed by atoms with Crippen LogP contribution in [0.2, 0.25) is 0 Å². The number of pyridine rings is 1. The number of aryl methyl sites for hydroxylation is 3. The van der Waals surface area contributed by atoms with E-state index < -0.39 is 0 Å². The first-order chi connectivity index (χ1) is 6.95. The Morgan fingerprint density at radius 1 is 1.07 bits per heavy atom. The molecule has 0 spiro atoms. The SMILES string of the molecule is Cc1sc2c(c1C)c(=O)c(C)c(C)n2C. The Labute approximate surface area is 93.2 Å². The fourth-order valence-electron chi connectivity index (χ4n) is 1.87. The lowest BCUT2D eigenvalue weighted by molar-refractivity contribution is 0.892. The average molecular weight is 221 g/mol. The molecule has 0 atom stereocenters. The molecule has 0 bridgehead atoms. The number of fused-ring (bicyclic) bond motifs is 1. The second kappa shape index (κ2) is 3.20. The van der Waals surface area contributed by atoms with E-state index in [0.717, 1.165) is 27.0 Å². The fraction of sp³-hybridized carbons (Fsp3) is 0.417. The molecule has 2 rings (SSSR count). The Kier molecular flexibility index (Phi) is 2.23. The molecule has 0 N–H and O–H groups in total. The van der Waals surface area contributed by atoms with Gasteiger partial charge in [0.05, 0.1) is 5.39 Å². The molecule has 2 heterocycles. The maximum absolute atomic E-state index is 12.1. The van der Waals surface area contributed by atoms with Gasteiger partial charge in [-0.2, -0.15) is 0 Å². The van der Waals surface area contributed by atoms with Gasteiger partial charge in [0.1, 0.15) is 4.83 Å². The minimum atomic E-state index is 0.197. The van der Waals surface area contributed by atoms with Gasteiger partial charge < -0.3 is 4.57 Å². The summed E-state index contributed by atoms with van der Waals surface area (Å²) in [4.78, 5) is 14.5. The Hall–Kier alpha value is -1.09. The summed E-state index contributed by atoms with van der Waals surface area (Å²) in [5, 5.41) is 0.906. The van der Waals surface area contributed by atoms with E-state index in [2.05, 4.69) is 11.5 Å². The molecule has 0 amide bonds. The van der Waals surface area contributed by atoms with Crippen molar-refractivity contribution >= 4 is 21.6 Å². The van der Waals surface area contributed by atoms with E-state index in [-0.39, 0.29) is 5.43 Å². The monoisotopic (exact) mass is 221 g/mol. The number of hydrogen-bond donors (Lipinski definition) is 0. The lowest BCUT2D eigenvalue weighted by atomic mass is 10.1. The molecule has 0 saturated carbocycles. The summed E-state index contributed by atoms with van der Waals surface area (Å²) in [5.74, 6) is 0. The van der Waals surface area contributed by atoms with E-state index >= 15 is 0 Å². The van der Waals surface area contributed by atoms with Crippen LogP contribution in [-0.2, 0) is 7.05 Å². The van der Waals surface area contributed by atoms with Crippen LogP contribution in [0.25, 0.3) is 10.2 Å². The van der Waals surface area contributed by atoms with Crippen LogP contribution in [0, 0.1) is 27.7 Å². The van der Waals surface area contributed by atoms with Crippen molar-refractivity contribution in [3.63, 3.8) is 0 Å². The van der Waals surface area contributed by atoms with Crippen LogP contribution in [0.5, 0.6) is 0 Å². The maximum Gasteiger partial charge on any atom is 0.193 e. The molecule has 80 valence electrons. The van der Waals surface area contributed by atoms with Gasteiger partial charge in [-0.15, -0.1) is 11.3 Å². The number of rotatable bonds is 0. The Balaban J connectivity index is 3.15. The zero-order chi connectivity index (χ0) is 11.3. The molecule has 2 nitrogen and oxygen atoms in total. The van der Waals surface area contributed by atoms with Crippen LogP contribution in [-0.4, -0.2) is 4.57 Å². The van der Waals surface area contributed by atoms with Crippen molar-refractivity contribution < 1.29 is 0 Å². The second-order valence-corrected chi connectivity index (χ2v) is 5.27. The maximum atomic E-state index is 12.1. The first-order valence-corrected chi connectivity index (χ1v) is 5.82. The molecule has 0 saturated heterocycles. The van der Waals surface area contributed by atoms with Crippen LogP contribution in [0.4, 0.5) is 0 Å². The van der Waals surface area contributed by atoms with Gasteiger partial charge in [0.15, 0.2) is 5.43 Å². The summed E-state index contributed by atoms with van der Waals surface area (Å²) in [5.41, 5.74) is 3.26. The highest BCUT2D eigenvalue weighted by Gasteiger charge is 2.14. The van der Waals surface area contributed by atoms with Crippen molar-refractivity contribution in [1.29, 1.82) is 0 Å². The van der Waals surface area contributed by atoms with Crippen molar-refractivity contribution in [1.82, 2.24) is 4.57 Å². The highest BCUT2D eigenvalue weighted by Crippen LogP contribution is 2.28. The highest BCUT2D eigenvalue weighted by atomic mass is 32.1. The topological polar surface area (TPSA) is 22.0 Å². The van der Waals surface area contributed by atoms with E-state index in [1.807, 2.05) is 27.8 Å².